The van der Waals surface area contributed by atoms with Gasteiger partial charge in [0.25, 0.3) is 0 Å². The molecule has 2 rings (SSSR count). The Balaban J connectivity index is 0.00000364. The molecule has 1 amide bonds. The van der Waals surface area contributed by atoms with Crippen molar-refractivity contribution < 1.29 is 4.79 Å². The number of nitrogens with one attached hydrogen (secondary N) is 3. The maximum atomic E-state index is 11.9. The summed E-state index contributed by atoms with van der Waals surface area (Å²) in [7, 11) is 1.70. The first-order valence-electron chi connectivity index (χ1n) is 8.48. The van der Waals surface area contributed by atoms with E-state index in [4.69, 9.17) is 11.6 Å². The molecule has 0 spiro atoms. The number of benzene rings is 1. The summed E-state index contributed by atoms with van der Waals surface area (Å²) in [4.78, 5) is 20.2. The number of aromatic nitrogens is 1. The van der Waals surface area contributed by atoms with Crippen LogP contribution in [-0.4, -0.2) is 37.0 Å². The molecule has 1 aromatic carbocycles. The van der Waals surface area contributed by atoms with Gasteiger partial charge in [-0.2, -0.15) is 0 Å². The van der Waals surface area contributed by atoms with Crippen molar-refractivity contribution in [2.75, 3.05) is 25.5 Å². The third kappa shape index (κ3) is 9.05. The molecule has 0 radical (unpaired) electrons. The van der Waals surface area contributed by atoms with E-state index in [1.165, 1.54) is 0 Å². The lowest BCUT2D eigenvalue weighted by Crippen LogP contribution is -2.39. The van der Waals surface area contributed by atoms with Gasteiger partial charge in [0.2, 0.25) is 5.91 Å². The standard InChI is InChI=1S/C19H24ClN5O.HI/c1-14-6-7-17(24-13-14)25-18(26)9-11-23-19(21-2)22-10-8-15-4-3-5-16(20)12-15;/h3-7,12-13H,8-11H2,1-2H3,(H2,21,22,23)(H,24,25,26);1H. The van der Waals surface area contributed by atoms with Crippen molar-refractivity contribution in [3.63, 3.8) is 0 Å². The molecule has 1 aromatic heterocycles. The number of guanidine groups is 1. The first-order chi connectivity index (χ1) is 12.6. The van der Waals surface area contributed by atoms with Crippen molar-refractivity contribution in [1.29, 1.82) is 0 Å². The van der Waals surface area contributed by atoms with E-state index in [0.717, 1.165) is 29.1 Å². The maximum absolute atomic E-state index is 11.9. The number of hydrogen-bond donors (Lipinski definition) is 3. The van der Waals surface area contributed by atoms with Gasteiger partial charge in [-0.25, -0.2) is 4.98 Å². The second-order valence-corrected chi connectivity index (χ2v) is 6.26. The molecule has 0 saturated carbocycles. The first-order valence-corrected chi connectivity index (χ1v) is 8.86. The molecule has 0 unspecified atom stereocenters. The Labute approximate surface area is 182 Å². The summed E-state index contributed by atoms with van der Waals surface area (Å²) in [5, 5.41) is 9.85. The molecule has 146 valence electrons. The number of aliphatic imine (C=N–C) groups is 1. The molecule has 0 atom stereocenters. The fraction of sp³-hybridized carbons (Fsp3) is 0.316. The van der Waals surface area contributed by atoms with E-state index in [2.05, 4.69) is 25.9 Å². The highest BCUT2D eigenvalue weighted by Crippen LogP contribution is 2.10. The van der Waals surface area contributed by atoms with Gasteiger partial charge in [-0.05, 0) is 42.7 Å². The molecule has 0 aliphatic carbocycles. The minimum atomic E-state index is -0.0942. The van der Waals surface area contributed by atoms with Crippen LogP contribution in [0.4, 0.5) is 5.82 Å². The highest BCUT2D eigenvalue weighted by atomic mass is 127. The number of carbonyl (C=O) groups is 1. The van der Waals surface area contributed by atoms with Gasteiger partial charge in [-0.1, -0.05) is 29.8 Å². The molecule has 1 heterocycles. The molecule has 2 aromatic rings. The largest absolute Gasteiger partial charge is 0.356 e. The Morgan fingerprint density at radius 1 is 1.19 bits per heavy atom. The zero-order valence-corrected chi connectivity index (χ0v) is 18.5. The van der Waals surface area contributed by atoms with E-state index in [9.17, 15) is 4.79 Å². The summed E-state index contributed by atoms with van der Waals surface area (Å²) in [5.41, 5.74) is 2.21. The number of rotatable bonds is 7. The molecule has 0 saturated heterocycles. The lowest BCUT2D eigenvalue weighted by atomic mass is 10.1. The highest BCUT2D eigenvalue weighted by Gasteiger charge is 2.04. The molecule has 6 nitrogen and oxygen atoms in total. The number of anilines is 1. The lowest BCUT2D eigenvalue weighted by Gasteiger charge is -2.12. The van der Waals surface area contributed by atoms with Gasteiger partial charge < -0.3 is 16.0 Å². The number of nitrogens with zero attached hydrogens (tertiary/aromatic N) is 2. The molecule has 0 aliphatic rings. The van der Waals surface area contributed by atoms with Crippen LogP contribution >= 0.6 is 35.6 Å². The lowest BCUT2D eigenvalue weighted by molar-refractivity contribution is -0.116. The number of carbonyl (C=O) groups excluding carboxylic acids is 1. The minimum absolute atomic E-state index is 0. The molecule has 8 heteroatoms. The summed E-state index contributed by atoms with van der Waals surface area (Å²) >= 11 is 5.98. The van der Waals surface area contributed by atoms with Gasteiger partial charge in [0, 0.05) is 37.8 Å². The summed E-state index contributed by atoms with van der Waals surface area (Å²) in [6.45, 7) is 3.15. The topological polar surface area (TPSA) is 78.4 Å². The van der Waals surface area contributed by atoms with Crippen molar-refractivity contribution in [1.82, 2.24) is 15.6 Å². The van der Waals surface area contributed by atoms with E-state index in [0.29, 0.717) is 24.7 Å². The highest BCUT2D eigenvalue weighted by molar-refractivity contribution is 14.0. The molecular weight excluding hydrogens is 477 g/mol. The number of amides is 1. The molecule has 0 bridgehead atoms. The van der Waals surface area contributed by atoms with Crippen molar-refractivity contribution in [2.45, 2.75) is 19.8 Å². The number of aryl methyl sites for hydroxylation is 1. The molecular formula is C19H25ClIN5O. The Morgan fingerprint density at radius 3 is 2.63 bits per heavy atom. The van der Waals surface area contributed by atoms with Gasteiger partial charge in [0.15, 0.2) is 5.96 Å². The third-order valence-corrected chi connectivity index (χ3v) is 3.88. The van der Waals surface area contributed by atoms with E-state index < -0.39 is 0 Å². The minimum Gasteiger partial charge on any atom is -0.356 e. The van der Waals surface area contributed by atoms with E-state index >= 15 is 0 Å². The van der Waals surface area contributed by atoms with Gasteiger partial charge in [0.05, 0.1) is 0 Å². The monoisotopic (exact) mass is 501 g/mol. The van der Waals surface area contributed by atoms with Crippen LogP contribution in [0.25, 0.3) is 0 Å². The average molecular weight is 502 g/mol. The Kier molecular flexibility index (Phi) is 10.7. The Morgan fingerprint density at radius 2 is 1.96 bits per heavy atom. The zero-order valence-electron chi connectivity index (χ0n) is 15.5. The van der Waals surface area contributed by atoms with Crippen LogP contribution in [0.5, 0.6) is 0 Å². The first kappa shape index (κ1) is 23.2. The molecule has 0 aliphatic heterocycles. The van der Waals surface area contributed by atoms with Gasteiger partial charge >= 0.3 is 0 Å². The number of halogens is 2. The van der Waals surface area contributed by atoms with Gasteiger partial charge in [-0.3, -0.25) is 9.79 Å². The predicted octanol–water partition coefficient (Wildman–Crippen LogP) is 3.40. The Bertz CT molecular complexity index is 752. The van der Waals surface area contributed by atoms with Crippen LogP contribution < -0.4 is 16.0 Å². The SMILES string of the molecule is CN=C(NCCC(=O)Nc1ccc(C)cn1)NCCc1cccc(Cl)c1.I. The summed E-state index contributed by atoms with van der Waals surface area (Å²) in [6.07, 6.45) is 2.88. The van der Waals surface area contributed by atoms with Crippen molar-refractivity contribution in [3.8, 4) is 0 Å². The van der Waals surface area contributed by atoms with Crippen molar-refractivity contribution in [2.24, 2.45) is 4.99 Å². The van der Waals surface area contributed by atoms with Gasteiger partial charge in [0.1, 0.15) is 5.82 Å². The normalized spacial score (nSPS) is 10.7. The van der Waals surface area contributed by atoms with Crippen LogP contribution in [0.15, 0.2) is 47.6 Å². The molecule has 27 heavy (non-hydrogen) atoms. The van der Waals surface area contributed by atoms with E-state index in [1.807, 2.05) is 37.3 Å². The zero-order chi connectivity index (χ0) is 18.8. The van der Waals surface area contributed by atoms with Crippen LogP contribution in [0.3, 0.4) is 0 Å². The van der Waals surface area contributed by atoms with Crippen molar-refractivity contribution in [3.05, 3.63) is 58.7 Å². The third-order valence-electron chi connectivity index (χ3n) is 3.64. The van der Waals surface area contributed by atoms with Crippen molar-refractivity contribution >= 4 is 53.3 Å². The fourth-order valence-corrected chi connectivity index (χ4v) is 2.49. The fourth-order valence-electron chi connectivity index (χ4n) is 2.28. The summed E-state index contributed by atoms with van der Waals surface area (Å²) in [5.74, 6) is 1.13. The number of pyridine rings is 1. The second-order valence-electron chi connectivity index (χ2n) is 5.82. The Hall–Kier alpha value is -1.87. The van der Waals surface area contributed by atoms with Crippen LogP contribution in [-0.2, 0) is 11.2 Å². The quantitative estimate of drug-likeness (QED) is 0.309. The predicted molar refractivity (Wildman–Crippen MR) is 122 cm³/mol. The van der Waals surface area contributed by atoms with Gasteiger partial charge in [-0.15, -0.1) is 24.0 Å². The van der Waals surface area contributed by atoms with Crippen LogP contribution in [0.2, 0.25) is 5.02 Å². The smallest absolute Gasteiger partial charge is 0.227 e. The van der Waals surface area contributed by atoms with Crippen LogP contribution in [0.1, 0.15) is 17.5 Å². The average Bonchev–Trinajstić information content (AvgIpc) is 2.62. The van der Waals surface area contributed by atoms with E-state index in [1.54, 1.807) is 19.3 Å². The summed E-state index contributed by atoms with van der Waals surface area (Å²) < 4.78 is 0. The molecule has 3 N–H and O–H groups in total. The maximum Gasteiger partial charge on any atom is 0.227 e. The second kappa shape index (κ2) is 12.5. The van der Waals surface area contributed by atoms with Crippen LogP contribution in [0, 0.1) is 6.92 Å². The molecule has 0 fully saturated rings. The number of hydrogen-bond acceptors (Lipinski definition) is 3. The summed E-state index contributed by atoms with van der Waals surface area (Å²) in [6, 6.07) is 11.5. The van der Waals surface area contributed by atoms with E-state index in [-0.39, 0.29) is 29.9 Å².